The molecule has 0 aliphatic heterocycles. The minimum Gasteiger partial charge on any atom is -0.462 e. The molecule has 0 radical (unpaired) electrons. The van der Waals surface area contributed by atoms with Crippen LogP contribution in [0.4, 0.5) is 5.00 Å². The largest absolute Gasteiger partial charge is 0.462 e. The minimum absolute atomic E-state index is 0.0484. The molecule has 110 valence electrons. The van der Waals surface area contributed by atoms with E-state index < -0.39 is 5.97 Å². The molecule has 1 N–H and O–H groups in total. The van der Waals surface area contributed by atoms with E-state index in [1.807, 2.05) is 13.8 Å². The van der Waals surface area contributed by atoms with Crippen molar-refractivity contribution < 1.29 is 14.3 Å². The molecule has 6 heteroatoms. The van der Waals surface area contributed by atoms with Crippen LogP contribution in [0.15, 0.2) is 18.0 Å². The summed E-state index contributed by atoms with van der Waals surface area (Å²) in [7, 11) is 0. The van der Waals surface area contributed by atoms with Crippen LogP contribution >= 0.6 is 11.3 Å². The molecule has 0 spiro atoms. The Balaban J connectivity index is 2.91. The van der Waals surface area contributed by atoms with Crippen molar-refractivity contribution in [1.29, 1.82) is 0 Å². The van der Waals surface area contributed by atoms with Crippen LogP contribution < -0.4 is 5.32 Å². The van der Waals surface area contributed by atoms with Crippen LogP contribution in [0.2, 0.25) is 0 Å². The molecule has 0 aliphatic carbocycles. The van der Waals surface area contributed by atoms with Crippen LogP contribution in [0.1, 0.15) is 32.2 Å². The summed E-state index contributed by atoms with van der Waals surface area (Å²) in [6, 6.07) is 0. The van der Waals surface area contributed by atoms with Gasteiger partial charge in [-0.3, -0.25) is 4.79 Å². The van der Waals surface area contributed by atoms with E-state index in [0.29, 0.717) is 6.42 Å². The molecule has 1 aromatic rings. The number of carbonyl (C=O) groups excluding carboxylic acids is 2. The van der Waals surface area contributed by atoms with Gasteiger partial charge in [-0.1, -0.05) is 13.8 Å². The van der Waals surface area contributed by atoms with E-state index in [1.54, 1.807) is 20.0 Å². The van der Waals surface area contributed by atoms with Crippen molar-refractivity contribution in [3.8, 4) is 0 Å². The van der Waals surface area contributed by atoms with Crippen LogP contribution in [-0.2, 0) is 14.3 Å². The number of hydrogen-bond donors (Lipinski definition) is 1. The lowest BCUT2D eigenvalue weighted by Crippen LogP contribution is -2.22. The summed E-state index contributed by atoms with van der Waals surface area (Å²) in [4.78, 5) is 28.2. The number of anilines is 1. The third-order valence-corrected chi connectivity index (χ3v) is 3.64. The highest BCUT2D eigenvalue weighted by atomic mass is 32.1. The third kappa shape index (κ3) is 4.45. The zero-order chi connectivity index (χ0) is 15.1. The number of aromatic nitrogens is 1. The minimum atomic E-state index is -0.591. The lowest BCUT2D eigenvalue weighted by molar-refractivity contribution is -0.140. The van der Waals surface area contributed by atoms with Gasteiger partial charge in [-0.15, -0.1) is 11.3 Å². The Labute approximate surface area is 123 Å². The van der Waals surface area contributed by atoms with Gasteiger partial charge in [0.15, 0.2) is 5.78 Å². The normalized spacial score (nSPS) is 12.9. The predicted octanol–water partition coefficient (Wildman–Crippen LogP) is 2.93. The molecule has 0 saturated heterocycles. The molecule has 0 aliphatic rings. The van der Waals surface area contributed by atoms with Gasteiger partial charge in [0.25, 0.3) is 0 Å². The van der Waals surface area contributed by atoms with Crippen LogP contribution in [0.3, 0.4) is 0 Å². The number of ether oxygens (including phenoxy) is 1. The summed E-state index contributed by atoms with van der Waals surface area (Å²) in [5.41, 5.74) is 0.0484. The Morgan fingerprint density at radius 1 is 1.50 bits per heavy atom. The first-order valence-corrected chi connectivity index (χ1v) is 7.41. The first-order chi connectivity index (χ1) is 9.49. The Hall–Kier alpha value is -1.69. The number of carbonyl (C=O) groups is 2. The number of rotatable bonds is 7. The van der Waals surface area contributed by atoms with Crippen LogP contribution in [0, 0.1) is 12.8 Å². The molecule has 0 bridgehead atoms. The van der Waals surface area contributed by atoms with Gasteiger partial charge in [0.2, 0.25) is 0 Å². The molecule has 0 aromatic carbocycles. The van der Waals surface area contributed by atoms with Crippen molar-refractivity contribution in [3.05, 3.63) is 23.0 Å². The first kappa shape index (κ1) is 16.4. The average Bonchev–Trinajstić information content (AvgIpc) is 2.83. The first-order valence-electron chi connectivity index (χ1n) is 6.60. The van der Waals surface area contributed by atoms with E-state index >= 15 is 0 Å². The second-order valence-corrected chi connectivity index (χ2v) is 5.57. The number of hydrogen-bond acceptors (Lipinski definition) is 6. The van der Waals surface area contributed by atoms with Gasteiger partial charge in [-0.05, 0) is 20.3 Å². The lowest BCUT2D eigenvalue weighted by atomic mass is 9.97. The van der Waals surface area contributed by atoms with E-state index in [4.69, 9.17) is 4.74 Å². The molecule has 0 fully saturated rings. The van der Waals surface area contributed by atoms with Crippen molar-refractivity contribution >= 4 is 28.1 Å². The summed E-state index contributed by atoms with van der Waals surface area (Å²) in [5.74, 6) is -1.01. The molecule has 20 heavy (non-hydrogen) atoms. The fourth-order valence-corrected chi connectivity index (χ4v) is 2.11. The highest BCUT2D eigenvalue weighted by molar-refractivity contribution is 7.15. The maximum absolute atomic E-state index is 12.2. The number of ketones is 1. The molecule has 1 rings (SSSR count). The van der Waals surface area contributed by atoms with Gasteiger partial charge in [-0.2, -0.15) is 0 Å². The monoisotopic (exact) mass is 296 g/mol. The number of Topliss-reactive ketones (excluding diaryl/α,β-unsaturated/α-hetero) is 1. The van der Waals surface area contributed by atoms with Crippen molar-refractivity contribution in [2.45, 2.75) is 34.1 Å². The highest BCUT2D eigenvalue weighted by Gasteiger charge is 2.23. The fraction of sp³-hybridized carbons (Fsp3) is 0.500. The van der Waals surface area contributed by atoms with E-state index in [9.17, 15) is 9.59 Å². The smallest absolute Gasteiger partial charge is 0.343 e. The second-order valence-electron chi connectivity index (χ2n) is 4.34. The predicted molar refractivity (Wildman–Crippen MR) is 79.7 cm³/mol. The number of esters is 1. The van der Waals surface area contributed by atoms with Crippen molar-refractivity contribution in [1.82, 2.24) is 4.98 Å². The van der Waals surface area contributed by atoms with Gasteiger partial charge in [0.1, 0.15) is 10.6 Å². The SMILES string of the molecule is CCOC(=O)/C(=C/Nc1cnc(C)s1)C(=O)C(C)CC. The van der Waals surface area contributed by atoms with Crippen LogP contribution in [0.25, 0.3) is 0 Å². The number of nitrogens with zero attached hydrogens (tertiary/aromatic N) is 1. The molecule has 1 heterocycles. The lowest BCUT2D eigenvalue weighted by Gasteiger charge is -2.10. The molecular weight excluding hydrogens is 276 g/mol. The number of nitrogens with one attached hydrogen (secondary N) is 1. The van der Waals surface area contributed by atoms with Crippen LogP contribution in [-0.4, -0.2) is 23.3 Å². The summed E-state index contributed by atoms with van der Waals surface area (Å²) in [5, 5.41) is 4.63. The van der Waals surface area contributed by atoms with Gasteiger partial charge in [0.05, 0.1) is 17.8 Å². The van der Waals surface area contributed by atoms with Crippen molar-refractivity contribution in [3.63, 3.8) is 0 Å². The molecule has 5 nitrogen and oxygen atoms in total. The highest BCUT2D eigenvalue weighted by Crippen LogP contribution is 2.19. The molecule has 0 amide bonds. The maximum atomic E-state index is 12.2. The third-order valence-electron chi connectivity index (χ3n) is 2.80. The van der Waals surface area contributed by atoms with E-state index in [1.165, 1.54) is 17.5 Å². The van der Waals surface area contributed by atoms with Gasteiger partial charge in [-0.25, -0.2) is 9.78 Å². The molecule has 1 aromatic heterocycles. The summed E-state index contributed by atoms with van der Waals surface area (Å²) in [6.07, 6.45) is 3.75. The topological polar surface area (TPSA) is 68.3 Å². The Kier molecular flexibility index (Phi) is 6.38. The Bertz CT molecular complexity index is 508. The molecule has 1 unspecified atom stereocenters. The van der Waals surface area contributed by atoms with E-state index in [2.05, 4.69) is 10.3 Å². The van der Waals surface area contributed by atoms with Crippen LogP contribution in [0.5, 0.6) is 0 Å². The quantitative estimate of drug-likeness (QED) is 0.362. The Morgan fingerprint density at radius 2 is 2.20 bits per heavy atom. The summed E-state index contributed by atoms with van der Waals surface area (Å²) >= 11 is 1.45. The van der Waals surface area contributed by atoms with Gasteiger partial charge < -0.3 is 10.1 Å². The zero-order valence-corrected chi connectivity index (χ0v) is 13.0. The molecule has 0 saturated carbocycles. The number of aryl methyl sites for hydroxylation is 1. The number of thiazole rings is 1. The van der Waals surface area contributed by atoms with Gasteiger partial charge >= 0.3 is 5.97 Å². The van der Waals surface area contributed by atoms with Crippen molar-refractivity contribution in [2.24, 2.45) is 5.92 Å². The molecule has 1 atom stereocenters. The van der Waals surface area contributed by atoms with E-state index in [0.717, 1.165) is 10.0 Å². The standard InChI is InChI=1S/C14H20N2O3S/c1-5-9(3)13(17)11(14(18)19-6-2)7-16-12-8-15-10(4)20-12/h7-9,16H,5-6H2,1-4H3/b11-7+. The van der Waals surface area contributed by atoms with E-state index in [-0.39, 0.29) is 23.9 Å². The molecular formula is C14H20N2O3S. The van der Waals surface area contributed by atoms with Gasteiger partial charge in [0, 0.05) is 12.1 Å². The Morgan fingerprint density at radius 3 is 2.70 bits per heavy atom. The average molecular weight is 296 g/mol. The van der Waals surface area contributed by atoms with Crippen molar-refractivity contribution in [2.75, 3.05) is 11.9 Å². The zero-order valence-electron chi connectivity index (χ0n) is 12.2. The fourth-order valence-electron chi connectivity index (χ4n) is 1.46. The second kappa shape index (κ2) is 7.79. The summed E-state index contributed by atoms with van der Waals surface area (Å²) < 4.78 is 4.93. The summed E-state index contributed by atoms with van der Waals surface area (Å²) in [6.45, 7) is 7.54. The maximum Gasteiger partial charge on any atom is 0.343 e.